The third-order valence-electron chi connectivity index (χ3n) is 2.85. The molecule has 0 aliphatic rings. The molecular formula is C16H18FN3O. The van der Waals surface area contributed by atoms with Crippen molar-refractivity contribution < 1.29 is 9.18 Å². The average molecular weight is 287 g/mol. The van der Waals surface area contributed by atoms with Crippen LogP contribution < -0.4 is 10.6 Å². The Hall–Kier alpha value is -2.43. The van der Waals surface area contributed by atoms with Crippen LogP contribution >= 0.6 is 0 Å². The number of hydrogen-bond donors (Lipinski definition) is 2. The standard InChI is InChI=1S/C16H18FN3O/c1-11(2)10-19-16(21)12-6-5-9-18-15(12)20-14-8-4-3-7-13(14)17/h3-9,11H,10H2,1-2H3,(H,18,20)(H,19,21). The van der Waals surface area contributed by atoms with E-state index < -0.39 is 5.82 Å². The van der Waals surface area contributed by atoms with Crippen LogP contribution in [0.2, 0.25) is 0 Å². The van der Waals surface area contributed by atoms with E-state index in [1.54, 1.807) is 36.5 Å². The topological polar surface area (TPSA) is 54.0 Å². The van der Waals surface area contributed by atoms with Crippen molar-refractivity contribution in [1.82, 2.24) is 10.3 Å². The van der Waals surface area contributed by atoms with Crippen LogP contribution in [0.15, 0.2) is 42.6 Å². The van der Waals surface area contributed by atoms with Crippen LogP contribution in [-0.4, -0.2) is 17.4 Å². The fraction of sp³-hybridized carbons (Fsp3) is 0.250. The van der Waals surface area contributed by atoms with E-state index in [9.17, 15) is 9.18 Å². The Morgan fingerprint density at radius 1 is 1.24 bits per heavy atom. The number of amides is 1. The van der Waals surface area contributed by atoms with Crippen molar-refractivity contribution in [3.63, 3.8) is 0 Å². The minimum atomic E-state index is -0.392. The van der Waals surface area contributed by atoms with Gasteiger partial charge in [0.15, 0.2) is 0 Å². The second-order valence-electron chi connectivity index (χ2n) is 5.11. The van der Waals surface area contributed by atoms with Crippen molar-refractivity contribution in [2.45, 2.75) is 13.8 Å². The number of carbonyl (C=O) groups excluding carboxylic acids is 1. The van der Waals surface area contributed by atoms with Gasteiger partial charge >= 0.3 is 0 Å². The van der Waals surface area contributed by atoms with Gasteiger partial charge in [-0.3, -0.25) is 4.79 Å². The van der Waals surface area contributed by atoms with E-state index in [4.69, 9.17) is 0 Å². The molecule has 0 fully saturated rings. The Morgan fingerprint density at radius 2 is 2.00 bits per heavy atom. The van der Waals surface area contributed by atoms with Crippen molar-refractivity contribution in [3.8, 4) is 0 Å². The molecule has 4 nitrogen and oxygen atoms in total. The lowest BCUT2D eigenvalue weighted by Gasteiger charge is -2.12. The van der Waals surface area contributed by atoms with Crippen LogP contribution in [0.5, 0.6) is 0 Å². The molecule has 5 heteroatoms. The Morgan fingerprint density at radius 3 is 2.71 bits per heavy atom. The minimum absolute atomic E-state index is 0.226. The minimum Gasteiger partial charge on any atom is -0.352 e. The number of halogens is 1. The quantitative estimate of drug-likeness (QED) is 0.886. The van der Waals surface area contributed by atoms with Gasteiger partial charge in [-0.25, -0.2) is 9.37 Å². The Labute approximate surface area is 123 Å². The van der Waals surface area contributed by atoms with Gasteiger partial charge in [-0.2, -0.15) is 0 Å². The second-order valence-corrected chi connectivity index (χ2v) is 5.11. The molecular weight excluding hydrogens is 269 g/mol. The zero-order chi connectivity index (χ0) is 15.2. The summed E-state index contributed by atoms with van der Waals surface area (Å²) in [6.45, 7) is 4.61. The van der Waals surface area contributed by atoms with E-state index in [1.165, 1.54) is 6.07 Å². The molecule has 0 saturated heterocycles. The van der Waals surface area contributed by atoms with Crippen LogP contribution in [0, 0.1) is 11.7 Å². The SMILES string of the molecule is CC(C)CNC(=O)c1cccnc1Nc1ccccc1F. The molecule has 1 heterocycles. The first kappa shape index (κ1) is 15.0. The molecule has 1 amide bonds. The monoisotopic (exact) mass is 287 g/mol. The van der Waals surface area contributed by atoms with Gasteiger partial charge in [0.1, 0.15) is 11.6 Å². The molecule has 1 aromatic heterocycles. The van der Waals surface area contributed by atoms with Gasteiger partial charge in [-0.1, -0.05) is 26.0 Å². The highest BCUT2D eigenvalue weighted by Crippen LogP contribution is 2.20. The average Bonchev–Trinajstić information content (AvgIpc) is 2.47. The number of carbonyl (C=O) groups is 1. The van der Waals surface area contributed by atoms with Crippen molar-refractivity contribution in [1.29, 1.82) is 0 Å². The summed E-state index contributed by atoms with van der Waals surface area (Å²) >= 11 is 0. The first-order valence-electron chi connectivity index (χ1n) is 6.82. The number of para-hydroxylation sites is 1. The number of rotatable bonds is 5. The van der Waals surface area contributed by atoms with Crippen molar-refractivity contribution >= 4 is 17.4 Å². The summed E-state index contributed by atoms with van der Waals surface area (Å²) in [6.07, 6.45) is 1.56. The molecule has 2 aromatic rings. The maximum Gasteiger partial charge on any atom is 0.255 e. The number of nitrogens with zero attached hydrogens (tertiary/aromatic N) is 1. The number of anilines is 2. The lowest BCUT2D eigenvalue weighted by molar-refractivity contribution is 0.0949. The molecule has 21 heavy (non-hydrogen) atoms. The number of pyridine rings is 1. The van der Waals surface area contributed by atoms with Crippen molar-refractivity contribution in [2.75, 3.05) is 11.9 Å². The number of aromatic nitrogens is 1. The highest BCUT2D eigenvalue weighted by molar-refractivity contribution is 5.99. The van der Waals surface area contributed by atoms with Gasteiger partial charge in [0, 0.05) is 12.7 Å². The van der Waals surface area contributed by atoms with Gasteiger partial charge in [-0.15, -0.1) is 0 Å². The molecule has 0 atom stereocenters. The maximum absolute atomic E-state index is 13.7. The molecule has 2 rings (SSSR count). The number of benzene rings is 1. The first-order chi connectivity index (χ1) is 10.1. The number of nitrogens with one attached hydrogen (secondary N) is 2. The van der Waals surface area contributed by atoms with Crippen LogP contribution in [0.4, 0.5) is 15.9 Å². The molecule has 0 aliphatic carbocycles. The molecule has 0 bridgehead atoms. The summed E-state index contributed by atoms with van der Waals surface area (Å²) in [5.41, 5.74) is 0.676. The fourth-order valence-electron chi connectivity index (χ4n) is 1.77. The molecule has 0 unspecified atom stereocenters. The third kappa shape index (κ3) is 4.02. The summed E-state index contributed by atoms with van der Waals surface area (Å²) in [4.78, 5) is 16.3. The van der Waals surface area contributed by atoms with Gasteiger partial charge in [-0.05, 0) is 30.2 Å². The molecule has 1 aromatic carbocycles. The largest absolute Gasteiger partial charge is 0.352 e. The molecule has 0 aliphatic heterocycles. The van der Waals surface area contributed by atoms with E-state index in [0.29, 0.717) is 23.8 Å². The van der Waals surface area contributed by atoms with Gasteiger partial charge in [0.25, 0.3) is 5.91 Å². The fourth-order valence-corrected chi connectivity index (χ4v) is 1.77. The van der Waals surface area contributed by atoms with Crippen LogP contribution in [0.3, 0.4) is 0 Å². The second kappa shape index (κ2) is 6.83. The lowest BCUT2D eigenvalue weighted by Crippen LogP contribution is -2.28. The van der Waals surface area contributed by atoms with Crippen LogP contribution in [0.1, 0.15) is 24.2 Å². The summed E-state index contributed by atoms with van der Waals surface area (Å²) in [5, 5.41) is 5.69. The third-order valence-corrected chi connectivity index (χ3v) is 2.85. The zero-order valence-electron chi connectivity index (χ0n) is 12.1. The lowest BCUT2D eigenvalue weighted by atomic mass is 10.2. The molecule has 0 radical (unpaired) electrons. The van der Waals surface area contributed by atoms with E-state index in [0.717, 1.165) is 0 Å². The molecule has 0 spiro atoms. The highest BCUT2D eigenvalue weighted by atomic mass is 19.1. The van der Waals surface area contributed by atoms with Crippen LogP contribution in [-0.2, 0) is 0 Å². The normalized spacial score (nSPS) is 10.5. The van der Waals surface area contributed by atoms with Gasteiger partial charge in [0.2, 0.25) is 0 Å². The van der Waals surface area contributed by atoms with Crippen LogP contribution in [0.25, 0.3) is 0 Å². The van der Waals surface area contributed by atoms with Gasteiger partial charge < -0.3 is 10.6 Å². The number of hydrogen-bond acceptors (Lipinski definition) is 3. The molecule has 110 valence electrons. The summed E-state index contributed by atoms with van der Waals surface area (Å²) < 4.78 is 13.7. The Kier molecular flexibility index (Phi) is 4.87. The summed E-state index contributed by atoms with van der Waals surface area (Å²) in [6, 6.07) is 9.61. The maximum atomic E-state index is 13.7. The van der Waals surface area contributed by atoms with E-state index >= 15 is 0 Å². The predicted octanol–water partition coefficient (Wildman–Crippen LogP) is 3.35. The van der Waals surface area contributed by atoms with Gasteiger partial charge in [0.05, 0.1) is 11.3 Å². The van der Waals surface area contributed by atoms with E-state index in [1.807, 2.05) is 13.8 Å². The highest BCUT2D eigenvalue weighted by Gasteiger charge is 2.13. The van der Waals surface area contributed by atoms with Crippen molar-refractivity contribution in [2.24, 2.45) is 5.92 Å². The summed E-state index contributed by atoms with van der Waals surface area (Å²) in [7, 11) is 0. The Bertz CT molecular complexity index is 628. The zero-order valence-corrected chi connectivity index (χ0v) is 12.1. The molecule has 0 saturated carbocycles. The van der Waals surface area contributed by atoms with E-state index in [2.05, 4.69) is 15.6 Å². The van der Waals surface area contributed by atoms with Crippen molar-refractivity contribution in [3.05, 3.63) is 54.0 Å². The smallest absolute Gasteiger partial charge is 0.255 e. The Balaban J connectivity index is 2.21. The predicted molar refractivity (Wildman–Crippen MR) is 81.1 cm³/mol. The summed E-state index contributed by atoms with van der Waals surface area (Å²) in [5.74, 6) is 0.0739. The van der Waals surface area contributed by atoms with E-state index in [-0.39, 0.29) is 11.6 Å². The first-order valence-corrected chi connectivity index (χ1v) is 6.82. The molecule has 2 N–H and O–H groups in total.